The molecule has 0 aromatic rings. The lowest BCUT2D eigenvalue weighted by Crippen LogP contribution is -2.29. The number of nitrogens with one attached hydrogen (secondary N) is 1. The molecule has 72 valence electrons. The van der Waals surface area contributed by atoms with Crippen LogP contribution in [0, 0.1) is 0 Å². The Morgan fingerprint density at radius 2 is 2.17 bits per heavy atom. The molecule has 1 N–H and O–H groups in total. The predicted octanol–water partition coefficient (Wildman–Crippen LogP) is 1.49. The lowest BCUT2D eigenvalue weighted by Gasteiger charge is -2.13. The van der Waals surface area contributed by atoms with E-state index in [-0.39, 0.29) is 0 Å². The van der Waals surface area contributed by atoms with E-state index in [1.807, 2.05) is 0 Å². The van der Waals surface area contributed by atoms with Crippen molar-refractivity contribution in [3.63, 3.8) is 0 Å². The normalized spacial score (nSPS) is 12.6. The summed E-state index contributed by atoms with van der Waals surface area (Å²) in [7, 11) is 2.14. The molecule has 0 saturated carbocycles. The zero-order chi connectivity index (χ0) is 9.40. The molecule has 2 heteroatoms. The molecule has 0 atom stereocenters. The minimum atomic E-state index is 1.02. The van der Waals surface area contributed by atoms with Gasteiger partial charge < -0.3 is 10.2 Å². The highest BCUT2D eigenvalue weighted by Crippen LogP contribution is 1.87. The minimum Gasteiger partial charge on any atom is -0.312 e. The molecule has 0 heterocycles. The van der Waals surface area contributed by atoms with Crippen LogP contribution in [0.25, 0.3) is 0 Å². The Bertz CT molecular complexity index is 130. The van der Waals surface area contributed by atoms with Crippen molar-refractivity contribution >= 4 is 0 Å². The number of allylic oxidation sites excluding steroid dienone is 1. The smallest absolute Gasteiger partial charge is 0.0162 e. The van der Waals surface area contributed by atoms with Gasteiger partial charge in [-0.3, -0.25) is 0 Å². The molecule has 0 aromatic heterocycles. The second-order valence-electron chi connectivity index (χ2n) is 3.21. The molecule has 0 radical (unpaired) electrons. The van der Waals surface area contributed by atoms with Gasteiger partial charge in [0.05, 0.1) is 0 Å². The largest absolute Gasteiger partial charge is 0.312 e. The van der Waals surface area contributed by atoms with E-state index in [4.69, 9.17) is 0 Å². The highest BCUT2D eigenvalue weighted by Gasteiger charge is 1.92. The molecule has 0 unspecified atom stereocenters. The molecular weight excluding hydrogens is 148 g/mol. The minimum absolute atomic E-state index is 1.02. The Kier molecular flexibility index (Phi) is 7.11. The van der Waals surface area contributed by atoms with Gasteiger partial charge in [-0.15, -0.1) is 0 Å². The van der Waals surface area contributed by atoms with Crippen molar-refractivity contribution in [2.75, 3.05) is 33.2 Å². The summed E-state index contributed by atoms with van der Waals surface area (Å²) >= 11 is 0. The Balaban J connectivity index is 3.21. The summed E-state index contributed by atoms with van der Waals surface area (Å²) in [5, 5.41) is 3.39. The third-order valence-electron chi connectivity index (χ3n) is 2.11. The molecule has 0 amide bonds. The van der Waals surface area contributed by atoms with Gasteiger partial charge in [-0.05, 0) is 27.4 Å². The average Bonchev–Trinajstić information content (AvgIpc) is 2.11. The first kappa shape index (κ1) is 11.7. The van der Waals surface area contributed by atoms with Gasteiger partial charge >= 0.3 is 0 Å². The Morgan fingerprint density at radius 1 is 1.50 bits per heavy atom. The fraction of sp³-hybridized carbons (Fsp3) is 0.800. The number of nitrogens with zero attached hydrogens (tertiary/aromatic N) is 1. The van der Waals surface area contributed by atoms with E-state index >= 15 is 0 Å². The van der Waals surface area contributed by atoms with Gasteiger partial charge in [0.15, 0.2) is 0 Å². The summed E-state index contributed by atoms with van der Waals surface area (Å²) in [6.07, 6.45) is 2.15. The van der Waals surface area contributed by atoms with Crippen LogP contribution in [0.1, 0.15) is 20.8 Å². The molecule has 12 heavy (non-hydrogen) atoms. The van der Waals surface area contributed by atoms with E-state index in [1.165, 1.54) is 5.57 Å². The van der Waals surface area contributed by atoms with Crippen LogP contribution in [-0.4, -0.2) is 38.1 Å². The van der Waals surface area contributed by atoms with Crippen molar-refractivity contribution in [2.24, 2.45) is 0 Å². The van der Waals surface area contributed by atoms with Crippen LogP contribution >= 0.6 is 0 Å². The maximum Gasteiger partial charge on any atom is 0.0162 e. The molecule has 2 nitrogen and oxygen atoms in total. The van der Waals surface area contributed by atoms with Crippen LogP contribution in [0.3, 0.4) is 0 Å². The van der Waals surface area contributed by atoms with E-state index in [0.717, 1.165) is 26.2 Å². The van der Waals surface area contributed by atoms with Gasteiger partial charge in [-0.25, -0.2) is 0 Å². The third-order valence-corrected chi connectivity index (χ3v) is 2.11. The Hall–Kier alpha value is -0.340. The third kappa shape index (κ3) is 6.38. The standard InChI is InChI=1S/C10H22N2/c1-5-10(3)9-11-7-8-12(4)6-2/h5,11H,6-9H2,1-4H3/b10-5+. The summed E-state index contributed by atoms with van der Waals surface area (Å²) in [5.41, 5.74) is 1.41. The van der Waals surface area contributed by atoms with Crippen molar-refractivity contribution in [3.8, 4) is 0 Å². The number of likely N-dealkylation sites (N-methyl/N-ethyl adjacent to an activating group) is 1. The fourth-order valence-electron chi connectivity index (χ4n) is 0.816. The molecule has 0 fully saturated rings. The van der Waals surface area contributed by atoms with Gasteiger partial charge in [-0.2, -0.15) is 0 Å². The lowest BCUT2D eigenvalue weighted by molar-refractivity contribution is 0.351. The van der Waals surface area contributed by atoms with Crippen molar-refractivity contribution in [1.82, 2.24) is 10.2 Å². The zero-order valence-corrected chi connectivity index (χ0v) is 8.85. The van der Waals surface area contributed by atoms with Crippen LogP contribution < -0.4 is 5.32 Å². The van der Waals surface area contributed by atoms with Crippen LogP contribution in [0.5, 0.6) is 0 Å². The molecule has 0 aliphatic heterocycles. The number of rotatable bonds is 6. The van der Waals surface area contributed by atoms with E-state index in [0.29, 0.717) is 0 Å². The quantitative estimate of drug-likeness (QED) is 0.480. The van der Waals surface area contributed by atoms with Gasteiger partial charge in [0.2, 0.25) is 0 Å². The number of hydrogen-bond donors (Lipinski definition) is 1. The van der Waals surface area contributed by atoms with Gasteiger partial charge in [0, 0.05) is 19.6 Å². The second-order valence-corrected chi connectivity index (χ2v) is 3.21. The molecular formula is C10H22N2. The summed E-state index contributed by atoms with van der Waals surface area (Å²) in [5.74, 6) is 0. The monoisotopic (exact) mass is 170 g/mol. The average molecular weight is 170 g/mol. The molecule has 0 aliphatic rings. The lowest BCUT2D eigenvalue weighted by atomic mass is 10.3. The summed E-state index contributed by atoms with van der Waals surface area (Å²) in [4.78, 5) is 2.30. The maximum absolute atomic E-state index is 3.39. The van der Waals surface area contributed by atoms with Crippen LogP contribution in [0.2, 0.25) is 0 Å². The second kappa shape index (κ2) is 7.32. The first-order chi connectivity index (χ1) is 5.70. The van der Waals surface area contributed by atoms with Gasteiger partial charge in [0.1, 0.15) is 0 Å². The Morgan fingerprint density at radius 3 is 2.67 bits per heavy atom. The van der Waals surface area contributed by atoms with Crippen LogP contribution in [0.15, 0.2) is 11.6 Å². The molecule has 0 aromatic carbocycles. The maximum atomic E-state index is 3.39. The Labute approximate surface area is 76.6 Å². The van der Waals surface area contributed by atoms with E-state index in [1.54, 1.807) is 0 Å². The topological polar surface area (TPSA) is 15.3 Å². The predicted molar refractivity (Wildman–Crippen MR) is 55.5 cm³/mol. The van der Waals surface area contributed by atoms with E-state index in [9.17, 15) is 0 Å². The van der Waals surface area contributed by atoms with Gasteiger partial charge in [-0.1, -0.05) is 18.6 Å². The highest BCUT2D eigenvalue weighted by atomic mass is 15.1. The summed E-state index contributed by atoms with van der Waals surface area (Å²) in [6, 6.07) is 0. The van der Waals surface area contributed by atoms with Crippen molar-refractivity contribution in [3.05, 3.63) is 11.6 Å². The van der Waals surface area contributed by atoms with Crippen LogP contribution in [-0.2, 0) is 0 Å². The molecule has 0 saturated heterocycles. The fourth-order valence-corrected chi connectivity index (χ4v) is 0.816. The SMILES string of the molecule is C/C=C(\C)CNCCN(C)CC. The van der Waals surface area contributed by atoms with Crippen LogP contribution in [0.4, 0.5) is 0 Å². The molecule has 0 bridgehead atoms. The summed E-state index contributed by atoms with van der Waals surface area (Å²) < 4.78 is 0. The van der Waals surface area contributed by atoms with Gasteiger partial charge in [0.25, 0.3) is 0 Å². The highest BCUT2D eigenvalue weighted by molar-refractivity contribution is 4.97. The molecule has 0 rings (SSSR count). The van der Waals surface area contributed by atoms with E-state index < -0.39 is 0 Å². The first-order valence-electron chi connectivity index (χ1n) is 4.71. The van der Waals surface area contributed by atoms with Crippen molar-refractivity contribution < 1.29 is 0 Å². The first-order valence-corrected chi connectivity index (χ1v) is 4.71. The number of hydrogen-bond acceptors (Lipinski definition) is 2. The van der Waals surface area contributed by atoms with Crippen molar-refractivity contribution in [1.29, 1.82) is 0 Å². The van der Waals surface area contributed by atoms with E-state index in [2.05, 4.69) is 44.1 Å². The summed E-state index contributed by atoms with van der Waals surface area (Å²) in [6.45, 7) is 10.8. The zero-order valence-electron chi connectivity index (χ0n) is 8.85. The molecule has 0 spiro atoms. The van der Waals surface area contributed by atoms with Crippen molar-refractivity contribution in [2.45, 2.75) is 20.8 Å². The molecule has 0 aliphatic carbocycles.